The monoisotopic (exact) mass is 295 g/mol. The molecule has 1 aromatic carbocycles. The fourth-order valence-electron chi connectivity index (χ4n) is 2.25. The van der Waals surface area contributed by atoms with E-state index in [0.29, 0.717) is 16.8 Å². The molecule has 1 heterocycles. The van der Waals surface area contributed by atoms with Crippen molar-refractivity contribution in [2.45, 2.75) is 19.9 Å². The number of amides is 4. The first-order chi connectivity index (χ1) is 9.86. The topological polar surface area (TPSA) is 61.4 Å². The first-order valence-corrected chi connectivity index (χ1v) is 6.31. The fraction of sp³-hybridized carbons (Fsp3) is 0.286. The van der Waals surface area contributed by atoms with Gasteiger partial charge in [0.15, 0.2) is 11.6 Å². The molecule has 0 radical (unpaired) electrons. The van der Waals surface area contributed by atoms with Crippen LogP contribution < -0.4 is 10.6 Å². The third kappa shape index (κ3) is 2.58. The molecule has 7 heteroatoms. The highest BCUT2D eigenvalue weighted by Crippen LogP contribution is 2.33. The molecule has 1 atom stereocenters. The zero-order valence-corrected chi connectivity index (χ0v) is 11.8. The third-order valence-electron chi connectivity index (χ3n) is 3.47. The quantitative estimate of drug-likeness (QED) is 0.836. The molecule has 0 saturated heterocycles. The second kappa shape index (κ2) is 5.51. The molecular formula is C14H15F2N3O2. The first-order valence-electron chi connectivity index (χ1n) is 6.31. The molecule has 1 aliphatic rings. The van der Waals surface area contributed by atoms with Crippen LogP contribution in [0, 0.1) is 11.6 Å². The number of carbonyl (C=O) groups is 2. The summed E-state index contributed by atoms with van der Waals surface area (Å²) in [4.78, 5) is 24.9. The minimum Gasteiger partial charge on any atom is -0.341 e. The standard InChI is InChI=1S/C14H15F2N3O2/c1-7-8(2)18-14(21)19(13(20)17-3)12(7)9-4-5-10(15)11(16)6-9/h4-6,12H,1-3H3,(H,17,20)(H,18,21). The van der Waals surface area contributed by atoms with Crippen molar-refractivity contribution in [3.05, 3.63) is 46.7 Å². The number of carbonyl (C=O) groups excluding carboxylic acids is 2. The number of rotatable bonds is 1. The van der Waals surface area contributed by atoms with Crippen LogP contribution >= 0.6 is 0 Å². The normalized spacial score (nSPS) is 18.6. The number of nitrogens with zero attached hydrogens (tertiary/aromatic N) is 1. The number of hydrogen-bond donors (Lipinski definition) is 2. The van der Waals surface area contributed by atoms with Crippen molar-refractivity contribution in [2.24, 2.45) is 0 Å². The third-order valence-corrected chi connectivity index (χ3v) is 3.47. The fourth-order valence-corrected chi connectivity index (χ4v) is 2.25. The number of urea groups is 2. The Hall–Kier alpha value is -2.44. The van der Waals surface area contributed by atoms with Gasteiger partial charge >= 0.3 is 12.1 Å². The average Bonchev–Trinajstić information content (AvgIpc) is 2.45. The van der Waals surface area contributed by atoms with E-state index in [1.54, 1.807) is 13.8 Å². The van der Waals surface area contributed by atoms with Crippen LogP contribution in [-0.2, 0) is 0 Å². The van der Waals surface area contributed by atoms with Crippen molar-refractivity contribution >= 4 is 12.1 Å². The van der Waals surface area contributed by atoms with Crippen LogP contribution in [0.2, 0.25) is 0 Å². The molecule has 0 bridgehead atoms. The molecule has 2 N–H and O–H groups in total. The summed E-state index contributed by atoms with van der Waals surface area (Å²) in [6.07, 6.45) is 0. The van der Waals surface area contributed by atoms with Crippen molar-refractivity contribution in [3.8, 4) is 0 Å². The van der Waals surface area contributed by atoms with Crippen LogP contribution in [0.3, 0.4) is 0 Å². The summed E-state index contributed by atoms with van der Waals surface area (Å²) < 4.78 is 26.5. The smallest absolute Gasteiger partial charge is 0.330 e. The minimum atomic E-state index is -1.03. The minimum absolute atomic E-state index is 0.323. The predicted octanol–water partition coefficient (Wildman–Crippen LogP) is 2.66. The maximum Gasteiger partial charge on any atom is 0.330 e. The summed E-state index contributed by atoms with van der Waals surface area (Å²) in [7, 11) is 1.39. The Labute approximate surface area is 120 Å². The highest BCUT2D eigenvalue weighted by molar-refractivity contribution is 5.96. The van der Waals surface area contributed by atoms with E-state index in [2.05, 4.69) is 10.6 Å². The summed E-state index contributed by atoms with van der Waals surface area (Å²) in [6.45, 7) is 3.40. The number of halogens is 2. The summed E-state index contributed by atoms with van der Waals surface area (Å²) in [5.41, 5.74) is 1.57. The molecule has 5 nitrogen and oxygen atoms in total. The molecule has 112 valence electrons. The van der Waals surface area contributed by atoms with Crippen LogP contribution in [0.25, 0.3) is 0 Å². The van der Waals surface area contributed by atoms with E-state index in [4.69, 9.17) is 0 Å². The van der Waals surface area contributed by atoms with E-state index < -0.39 is 29.7 Å². The number of allylic oxidation sites excluding steroid dienone is 1. The molecule has 1 aliphatic heterocycles. The van der Waals surface area contributed by atoms with E-state index >= 15 is 0 Å². The summed E-state index contributed by atoms with van der Waals surface area (Å²) in [5, 5.41) is 4.92. The number of imide groups is 1. The molecule has 0 aliphatic carbocycles. The van der Waals surface area contributed by atoms with Crippen LogP contribution in [-0.4, -0.2) is 24.0 Å². The first kappa shape index (κ1) is 15.0. The summed E-state index contributed by atoms with van der Waals surface area (Å²) in [5.74, 6) is -2.01. The highest BCUT2D eigenvalue weighted by Gasteiger charge is 2.36. The molecular weight excluding hydrogens is 280 g/mol. The lowest BCUT2D eigenvalue weighted by Crippen LogP contribution is -2.52. The van der Waals surface area contributed by atoms with E-state index in [1.165, 1.54) is 13.1 Å². The Balaban J connectivity index is 2.57. The summed E-state index contributed by atoms with van der Waals surface area (Å²) >= 11 is 0. The SMILES string of the molecule is CNC(=O)N1C(=O)NC(C)=C(C)C1c1ccc(F)c(F)c1. The molecule has 0 spiro atoms. The molecule has 1 unspecified atom stereocenters. The lowest BCUT2D eigenvalue weighted by molar-refractivity contribution is 0.173. The van der Waals surface area contributed by atoms with Crippen molar-refractivity contribution in [2.75, 3.05) is 7.05 Å². The van der Waals surface area contributed by atoms with Crippen LogP contribution in [0.15, 0.2) is 29.5 Å². The van der Waals surface area contributed by atoms with Gasteiger partial charge in [-0.1, -0.05) is 6.07 Å². The molecule has 2 rings (SSSR count). The number of hydrogen-bond acceptors (Lipinski definition) is 2. The van der Waals surface area contributed by atoms with E-state index in [1.807, 2.05) is 0 Å². The van der Waals surface area contributed by atoms with E-state index in [0.717, 1.165) is 17.0 Å². The highest BCUT2D eigenvalue weighted by atomic mass is 19.2. The van der Waals surface area contributed by atoms with Crippen molar-refractivity contribution in [1.29, 1.82) is 0 Å². The zero-order valence-electron chi connectivity index (χ0n) is 11.8. The number of nitrogens with one attached hydrogen (secondary N) is 2. The van der Waals surface area contributed by atoms with Gasteiger partial charge in [-0.05, 0) is 37.1 Å². The van der Waals surface area contributed by atoms with Crippen LogP contribution in [0.1, 0.15) is 25.5 Å². The number of benzene rings is 1. The van der Waals surface area contributed by atoms with E-state index in [9.17, 15) is 18.4 Å². The molecule has 4 amide bonds. The van der Waals surface area contributed by atoms with Gasteiger partial charge in [-0.25, -0.2) is 23.3 Å². The van der Waals surface area contributed by atoms with Gasteiger partial charge in [0.2, 0.25) is 0 Å². The molecule has 21 heavy (non-hydrogen) atoms. The van der Waals surface area contributed by atoms with Gasteiger partial charge in [0.1, 0.15) is 0 Å². The van der Waals surface area contributed by atoms with Crippen molar-refractivity contribution in [3.63, 3.8) is 0 Å². The van der Waals surface area contributed by atoms with Gasteiger partial charge in [-0.3, -0.25) is 0 Å². The second-order valence-electron chi connectivity index (χ2n) is 4.74. The Morgan fingerprint density at radius 1 is 1.29 bits per heavy atom. The van der Waals surface area contributed by atoms with Gasteiger partial charge in [-0.2, -0.15) is 0 Å². The molecule has 0 saturated carbocycles. The summed E-state index contributed by atoms with van der Waals surface area (Å²) in [6, 6.07) is 1.29. The maximum atomic E-state index is 13.5. The van der Waals surface area contributed by atoms with Gasteiger partial charge in [0, 0.05) is 12.7 Å². The maximum absolute atomic E-state index is 13.5. The van der Waals surface area contributed by atoms with Gasteiger partial charge in [-0.15, -0.1) is 0 Å². The Kier molecular flexibility index (Phi) is 3.93. The molecule has 0 aromatic heterocycles. The van der Waals surface area contributed by atoms with Crippen molar-refractivity contribution in [1.82, 2.24) is 15.5 Å². The van der Waals surface area contributed by atoms with Crippen molar-refractivity contribution < 1.29 is 18.4 Å². The van der Waals surface area contributed by atoms with Crippen LogP contribution in [0.4, 0.5) is 18.4 Å². The largest absolute Gasteiger partial charge is 0.341 e. The second-order valence-corrected chi connectivity index (χ2v) is 4.74. The van der Waals surface area contributed by atoms with E-state index in [-0.39, 0.29) is 0 Å². The lowest BCUT2D eigenvalue weighted by atomic mass is 9.95. The Bertz CT molecular complexity index is 643. The lowest BCUT2D eigenvalue weighted by Gasteiger charge is -2.35. The van der Waals surface area contributed by atoms with Gasteiger partial charge in [0.25, 0.3) is 0 Å². The molecule has 0 fully saturated rings. The van der Waals surface area contributed by atoms with Gasteiger partial charge in [0.05, 0.1) is 6.04 Å². The Morgan fingerprint density at radius 2 is 1.95 bits per heavy atom. The average molecular weight is 295 g/mol. The Morgan fingerprint density at radius 3 is 2.52 bits per heavy atom. The molecule has 1 aromatic rings. The predicted molar refractivity (Wildman–Crippen MR) is 72.3 cm³/mol. The zero-order chi connectivity index (χ0) is 15.7. The van der Waals surface area contributed by atoms with Crippen LogP contribution in [0.5, 0.6) is 0 Å². The van der Waals surface area contributed by atoms with Gasteiger partial charge < -0.3 is 10.6 Å².